The van der Waals surface area contributed by atoms with Gasteiger partial charge in [0.2, 0.25) is 5.91 Å². The van der Waals surface area contributed by atoms with Gasteiger partial charge in [0.05, 0.1) is 23.3 Å². The molecular formula is C22H21N5O2S. The summed E-state index contributed by atoms with van der Waals surface area (Å²) in [5, 5.41) is 9.22. The number of amides is 2. The molecule has 0 saturated carbocycles. The Bertz CT molecular complexity index is 1230. The van der Waals surface area contributed by atoms with E-state index >= 15 is 0 Å². The fourth-order valence-corrected chi connectivity index (χ4v) is 3.94. The minimum absolute atomic E-state index is 0.0752. The number of likely N-dealkylation sites (N-methyl/N-ethyl adjacent to an activating group) is 1. The molecule has 0 saturated heterocycles. The van der Waals surface area contributed by atoms with Crippen molar-refractivity contribution >= 4 is 34.5 Å². The largest absolute Gasteiger partial charge is 0.332 e. The van der Waals surface area contributed by atoms with Gasteiger partial charge in [0.1, 0.15) is 5.56 Å². The first-order valence-corrected chi connectivity index (χ1v) is 10.3. The number of hydrogen-bond donors (Lipinski definition) is 1. The summed E-state index contributed by atoms with van der Waals surface area (Å²) in [4.78, 5) is 32.2. The van der Waals surface area contributed by atoms with Crippen LogP contribution >= 0.6 is 11.3 Å². The minimum atomic E-state index is -0.308. The first kappa shape index (κ1) is 19.8. The highest BCUT2D eigenvalue weighted by atomic mass is 32.1. The van der Waals surface area contributed by atoms with E-state index < -0.39 is 0 Å². The molecule has 0 spiro atoms. The summed E-state index contributed by atoms with van der Waals surface area (Å²) >= 11 is 1.59. The van der Waals surface area contributed by atoms with Gasteiger partial charge in [-0.15, -0.1) is 11.3 Å². The van der Waals surface area contributed by atoms with Crippen molar-refractivity contribution in [2.24, 2.45) is 0 Å². The molecule has 0 aliphatic carbocycles. The van der Waals surface area contributed by atoms with Gasteiger partial charge in [-0.3, -0.25) is 9.59 Å². The Morgan fingerprint density at radius 1 is 1.20 bits per heavy atom. The van der Waals surface area contributed by atoms with Gasteiger partial charge >= 0.3 is 0 Å². The summed E-state index contributed by atoms with van der Waals surface area (Å²) in [6.45, 7) is 3.82. The Kier molecular flexibility index (Phi) is 5.33. The number of aromatic nitrogens is 3. The maximum atomic E-state index is 13.0. The van der Waals surface area contributed by atoms with Crippen LogP contribution in [0.5, 0.6) is 0 Å². The van der Waals surface area contributed by atoms with Crippen LogP contribution < -0.4 is 5.32 Å². The second-order valence-electron chi connectivity index (χ2n) is 7.13. The number of nitrogens with zero attached hydrogens (tertiary/aromatic N) is 4. The number of benzene rings is 1. The van der Waals surface area contributed by atoms with E-state index in [9.17, 15) is 9.59 Å². The van der Waals surface area contributed by atoms with Gasteiger partial charge in [-0.05, 0) is 48.6 Å². The molecule has 0 unspecified atom stereocenters. The summed E-state index contributed by atoms with van der Waals surface area (Å²) in [7, 11) is 1.59. The Balaban J connectivity index is 1.53. The third kappa shape index (κ3) is 3.81. The molecule has 4 rings (SSSR count). The first-order valence-electron chi connectivity index (χ1n) is 9.43. The number of nitrogens with one attached hydrogen (secondary N) is 1. The summed E-state index contributed by atoms with van der Waals surface area (Å²) in [5.74, 6) is -0.569. The summed E-state index contributed by atoms with van der Waals surface area (Å²) < 4.78 is 1.66. The number of carbonyl (C=O) groups excluding carboxylic acids is 2. The third-order valence-electron chi connectivity index (χ3n) is 4.80. The van der Waals surface area contributed by atoms with Crippen LogP contribution in [0, 0.1) is 13.8 Å². The zero-order valence-corrected chi connectivity index (χ0v) is 17.7. The molecule has 0 atom stereocenters. The van der Waals surface area contributed by atoms with Gasteiger partial charge in [-0.25, -0.2) is 9.50 Å². The summed E-state index contributed by atoms with van der Waals surface area (Å²) in [5.41, 5.74) is 4.46. The zero-order chi connectivity index (χ0) is 21.3. The van der Waals surface area contributed by atoms with Crippen molar-refractivity contribution in [2.45, 2.75) is 13.8 Å². The lowest BCUT2D eigenvalue weighted by atomic mass is 10.1. The highest BCUT2D eigenvalue weighted by molar-refractivity contribution is 7.13. The third-order valence-corrected chi connectivity index (χ3v) is 5.69. The fraction of sp³-hybridized carbons (Fsp3) is 0.182. The van der Waals surface area contributed by atoms with E-state index in [2.05, 4.69) is 15.4 Å². The number of carbonyl (C=O) groups is 2. The lowest BCUT2D eigenvalue weighted by Gasteiger charge is -2.17. The number of anilines is 1. The van der Waals surface area contributed by atoms with Crippen LogP contribution in [0.15, 0.2) is 54.2 Å². The number of thiophene rings is 1. The van der Waals surface area contributed by atoms with Crippen molar-refractivity contribution in [1.29, 1.82) is 0 Å². The molecule has 0 bridgehead atoms. The molecule has 0 aliphatic rings. The smallest absolute Gasteiger partial charge is 0.259 e. The fourth-order valence-electron chi connectivity index (χ4n) is 3.21. The van der Waals surface area contributed by atoms with Gasteiger partial charge in [0.15, 0.2) is 5.65 Å². The minimum Gasteiger partial charge on any atom is -0.332 e. The van der Waals surface area contributed by atoms with Crippen molar-refractivity contribution in [2.75, 3.05) is 18.9 Å². The molecule has 4 aromatic rings. The molecule has 3 heterocycles. The average molecular weight is 420 g/mol. The molecule has 2 amide bonds. The molecule has 1 aromatic carbocycles. The van der Waals surface area contributed by atoms with Crippen LogP contribution in [-0.4, -0.2) is 44.9 Å². The molecule has 3 aromatic heterocycles. The van der Waals surface area contributed by atoms with Crippen LogP contribution in [0.3, 0.4) is 0 Å². The van der Waals surface area contributed by atoms with Crippen LogP contribution in [-0.2, 0) is 4.79 Å². The van der Waals surface area contributed by atoms with Crippen LogP contribution in [0.25, 0.3) is 16.2 Å². The van der Waals surface area contributed by atoms with Crippen molar-refractivity contribution in [3.8, 4) is 10.6 Å². The molecular weight excluding hydrogens is 398 g/mol. The van der Waals surface area contributed by atoms with E-state index in [0.717, 1.165) is 27.4 Å². The van der Waals surface area contributed by atoms with Crippen LogP contribution in [0.2, 0.25) is 0 Å². The molecule has 7 nitrogen and oxygen atoms in total. The number of hydrogen-bond acceptors (Lipinski definition) is 5. The maximum Gasteiger partial charge on any atom is 0.259 e. The predicted molar refractivity (Wildman–Crippen MR) is 118 cm³/mol. The normalized spacial score (nSPS) is 10.9. The van der Waals surface area contributed by atoms with E-state index in [-0.39, 0.29) is 18.4 Å². The van der Waals surface area contributed by atoms with Crippen molar-refractivity contribution in [3.63, 3.8) is 0 Å². The molecule has 30 heavy (non-hydrogen) atoms. The molecule has 0 aliphatic heterocycles. The molecule has 0 radical (unpaired) electrons. The van der Waals surface area contributed by atoms with Gasteiger partial charge in [-0.1, -0.05) is 18.2 Å². The van der Waals surface area contributed by atoms with Crippen molar-refractivity contribution < 1.29 is 9.59 Å². The van der Waals surface area contributed by atoms with E-state index in [4.69, 9.17) is 0 Å². The van der Waals surface area contributed by atoms with Gasteiger partial charge in [0.25, 0.3) is 5.91 Å². The standard InChI is InChI=1S/C22H21N5O2S/c1-14-6-7-15(2)17(11-14)25-20(28)13-26(3)22(29)16-12-24-27-18(8-9-23-21(16)27)19-5-4-10-30-19/h4-12H,13H2,1-3H3,(H,25,28). The topological polar surface area (TPSA) is 79.6 Å². The maximum absolute atomic E-state index is 13.0. The van der Waals surface area contributed by atoms with Crippen LogP contribution in [0.1, 0.15) is 21.5 Å². The molecule has 0 fully saturated rings. The Hall–Kier alpha value is -3.52. The zero-order valence-electron chi connectivity index (χ0n) is 16.9. The van der Waals surface area contributed by atoms with E-state index in [1.165, 1.54) is 11.1 Å². The summed E-state index contributed by atoms with van der Waals surface area (Å²) in [6.07, 6.45) is 3.16. The number of fused-ring (bicyclic) bond motifs is 1. The number of rotatable bonds is 5. The monoisotopic (exact) mass is 419 g/mol. The van der Waals surface area contributed by atoms with Gasteiger partial charge in [-0.2, -0.15) is 5.10 Å². The van der Waals surface area contributed by atoms with E-state index in [1.807, 2.05) is 55.6 Å². The van der Waals surface area contributed by atoms with Gasteiger partial charge in [0, 0.05) is 18.9 Å². The lowest BCUT2D eigenvalue weighted by molar-refractivity contribution is -0.116. The molecule has 152 valence electrons. The van der Waals surface area contributed by atoms with Crippen molar-refractivity contribution in [3.05, 3.63) is 70.9 Å². The first-order chi connectivity index (χ1) is 14.4. The van der Waals surface area contributed by atoms with E-state index in [0.29, 0.717) is 11.2 Å². The SMILES string of the molecule is Cc1ccc(C)c(NC(=O)CN(C)C(=O)c2cnn3c(-c4cccs4)ccnc23)c1. The second-order valence-corrected chi connectivity index (χ2v) is 8.08. The van der Waals surface area contributed by atoms with Gasteiger partial charge < -0.3 is 10.2 Å². The molecule has 1 N–H and O–H groups in total. The highest BCUT2D eigenvalue weighted by Gasteiger charge is 2.21. The van der Waals surface area contributed by atoms with Crippen molar-refractivity contribution in [1.82, 2.24) is 19.5 Å². The van der Waals surface area contributed by atoms with E-state index in [1.54, 1.807) is 29.1 Å². The Morgan fingerprint density at radius 2 is 2.03 bits per heavy atom. The second kappa shape index (κ2) is 8.08. The quantitative estimate of drug-likeness (QED) is 0.534. The van der Waals surface area contributed by atoms with Crippen LogP contribution in [0.4, 0.5) is 5.69 Å². The lowest BCUT2D eigenvalue weighted by Crippen LogP contribution is -2.35. The highest BCUT2D eigenvalue weighted by Crippen LogP contribution is 2.25. The average Bonchev–Trinajstić information content (AvgIpc) is 3.39. The Morgan fingerprint density at radius 3 is 2.80 bits per heavy atom. The number of aryl methyl sites for hydroxylation is 2. The Labute approximate surface area is 178 Å². The predicted octanol–water partition coefficient (Wildman–Crippen LogP) is 3.79. The summed E-state index contributed by atoms with van der Waals surface area (Å²) in [6, 6.07) is 11.7. The molecule has 8 heteroatoms.